The number of nitrogens with one attached hydrogen (secondary N) is 1. The van der Waals surface area contributed by atoms with E-state index in [-0.39, 0.29) is 18.0 Å². The smallest absolute Gasteiger partial charge is 0.336 e. The van der Waals surface area contributed by atoms with Crippen molar-refractivity contribution >= 4 is 27.5 Å². The SMILES string of the molecule is Cc1cccc(-n2c(=O)c3sccc3n(CC(=O)NC(C)(C)C)c2=O)c1C. The average Bonchev–Trinajstić information content (AvgIpc) is 3.03. The summed E-state index contributed by atoms with van der Waals surface area (Å²) in [5.41, 5.74) is 1.61. The quantitative estimate of drug-likeness (QED) is 0.753. The third kappa shape index (κ3) is 3.60. The molecule has 1 amide bonds. The summed E-state index contributed by atoms with van der Waals surface area (Å²) in [5.74, 6) is -0.275. The van der Waals surface area contributed by atoms with Gasteiger partial charge in [-0.2, -0.15) is 0 Å². The van der Waals surface area contributed by atoms with Crippen LogP contribution >= 0.6 is 11.3 Å². The third-order valence-electron chi connectivity index (χ3n) is 4.39. The number of aryl methyl sites for hydroxylation is 1. The monoisotopic (exact) mass is 385 g/mol. The minimum Gasteiger partial charge on any atom is -0.350 e. The van der Waals surface area contributed by atoms with Crippen LogP contribution in [-0.2, 0) is 11.3 Å². The van der Waals surface area contributed by atoms with Gasteiger partial charge in [0.15, 0.2) is 0 Å². The van der Waals surface area contributed by atoms with Crippen molar-refractivity contribution in [2.45, 2.75) is 46.7 Å². The molecule has 2 aromatic heterocycles. The van der Waals surface area contributed by atoms with Crippen molar-refractivity contribution in [1.82, 2.24) is 14.5 Å². The maximum atomic E-state index is 13.2. The first-order chi connectivity index (χ1) is 12.6. The largest absolute Gasteiger partial charge is 0.350 e. The van der Waals surface area contributed by atoms with Gasteiger partial charge in [-0.1, -0.05) is 12.1 Å². The van der Waals surface area contributed by atoms with E-state index in [0.29, 0.717) is 15.9 Å². The lowest BCUT2D eigenvalue weighted by Crippen LogP contribution is -2.46. The Morgan fingerprint density at radius 1 is 1.15 bits per heavy atom. The first-order valence-electron chi connectivity index (χ1n) is 8.71. The molecule has 1 aromatic carbocycles. The van der Waals surface area contributed by atoms with Crippen LogP contribution in [-0.4, -0.2) is 20.6 Å². The fourth-order valence-corrected chi connectivity index (χ4v) is 3.86. The van der Waals surface area contributed by atoms with Crippen LogP contribution in [0.25, 0.3) is 15.9 Å². The maximum Gasteiger partial charge on any atom is 0.336 e. The first-order valence-corrected chi connectivity index (χ1v) is 9.59. The lowest BCUT2D eigenvalue weighted by molar-refractivity contribution is -0.123. The van der Waals surface area contributed by atoms with Crippen molar-refractivity contribution in [2.75, 3.05) is 0 Å². The van der Waals surface area contributed by atoms with Crippen molar-refractivity contribution in [3.8, 4) is 5.69 Å². The molecule has 0 radical (unpaired) electrons. The van der Waals surface area contributed by atoms with E-state index in [1.165, 1.54) is 20.5 Å². The van der Waals surface area contributed by atoms with Crippen LogP contribution in [0, 0.1) is 13.8 Å². The number of fused-ring (bicyclic) bond motifs is 1. The molecule has 7 heteroatoms. The molecule has 0 unspecified atom stereocenters. The average molecular weight is 385 g/mol. The van der Waals surface area contributed by atoms with Gasteiger partial charge in [0.25, 0.3) is 5.56 Å². The molecular weight excluding hydrogens is 362 g/mol. The second-order valence-corrected chi connectivity index (χ2v) is 8.58. The van der Waals surface area contributed by atoms with Crippen molar-refractivity contribution in [3.63, 3.8) is 0 Å². The number of carbonyl (C=O) groups excluding carboxylic acids is 1. The van der Waals surface area contributed by atoms with E-state index in [4.69, 9.17) is 0 Å². The molecule has 1 N–H and O–H groups in total. The minimum absolute atomic E-state index is 0.144. The Bertz CT molecular complexity index is 1150. The van der Waals surface area contributed by atoms with Crippen LogP contribution in [0.5, 0.6) is 0 Å². The van der Waals surface area contributed by atoms with Crippen molar-refractivity contribution in [2.24, 2.45) is 0 Å². The Hall–Kier alpha value is -2.67. The number of benzene rings is 1. The zero-order valence-electron chi connectivity index (χ0n) is 16.1. The second kappa shape index (κ2) is 6.81. The van der Waals surface area contributed by atoms with Gasteiger partial charge < -0.3 is 5.32 Å². The van der Waals surface area contributed by atoms with E-state index in [9.17, 15) is 14.4 Å². The fourth-order valence-electron chi connectivity index (χ4n) is 3.03. The summed E-state index contributed by atoms with van der Waals surface area (Å²) < 4.78 is 3.00. The normalized spacial score (nSPS) is 11.7. The topological polar surface area (TPSA) is 73.1 Å². The highest BCUT2D eigenvalue weighted by Crippen LogP contribution is 2.19. The number of amides is 1. The van der Waals surface area contributed by atoms with Crippen molar-refractivity contribution < 1.29 is 4.79 Å². The number of rotatable bonds is 3. The van der Waals surface area contributed by atoms with E-state index >= 15 is 0 Å². The zero-order valence-corrected chi connectivity index (χ0v) is 16.9. The molecule has 0 aliphatic heterocycles. The van der Waals surface area contributed by atoms with Gasteiger partial charge in [-0.05, 0) is 63.3 Å². The summed E-state index contributed by atoms with van der Waals surface area (Å²) in [6.45, 7) is 9.31. The van der Waals surface area contributed by atoms with Crippen LogP contribution in [0.15, 0.2) is 39.2 Å². The summed E-state index contributed by atoms with van der Waals surface area (Å²) in [4.78, 5) is 38.7. The van der Waals surface area contributed by atoms with Gasteiger partial charge in [0.05, 0.1) is 11.2 Å². The number of aromatic nitrogens is 2. The molecule has 0 spiro atoms. The summed E-state index contributed by atoms with van der Waals surface area (Å²) in [7, 11) is 0. The predicted molar refractivity (Wildman–Crippen MR) is 109 cm³/mol. The van der Waals surface area contributed by atoms with E-state index in [2.05, 4.69) is 5.32 Å². The summed E-state index contributed by atoms with van der Waals surface area (Å²) in [6.07, 6.45) is 0. The van der Waals surface area contributed by atoms with Crippen molar-refractivity contribution in [3.05, 3.63) is 61.6 Å². The summed E-state index contributed by atoms with van der Waals surface area (Å²) in [6, 6.07) is 7.21. The number of hydrogen-bond donors (Lipinski definition) is 1. The molecule has 3 aromatic rings. The Labute approximate surface area is 161 Å². The minimum atomic E-state index is -0.511. The van der Waals surface area contributed by atoms with Gasteiger partial charge in [-0.15, -0.1) is 11.3 Å². The molecule has 0 atom stereocenters. The molecule has 0 saturated carbocycles. The predicted octanol–water partition coefficient (Wildman–Crippen LogP) is 2.75. The molecule has 142 valence electrons. The molecule has 3 rings (SSSR count). The lowest BCUT2D eigenvalue weighted by Gasteiger charge is -2.21. The van der Waals surface area contributed by atoms with Gasteiger partial charge >= 0.3 is 5.69 Å². The van der Waals surface area contributed by atoms with E-state index in [0.717, 1.165) is 11.1 Å². The van der Waals surface area contributed by atoms with Crippen LogP contribution in [0.3, 0.4) is 0 Å². The third-order valence-corrected chi connectivity index (χ3v) is 5.28. The summed E-state index contributed by atoms with van der Waals surface area (Å²) >= 11 is 1.27. The number of thiophene rings is 1. The Morgan fingerprint density at radius 2 is 1.85 bits per heavy atom. The Morgan fingerprint density at radius 3 is 2.52 bits per heavy atom. The Balaban J connectivity index is 2.25. The molecule has 27 heavy (non-hydrogen) atoms. The van der Waals surface area contributed by atoms with Gasteiger partial charge in [0.1, 0.15) is 11.2 Å². The van der Waals surface area contributed by atoms with Crippen LogP contribution < -0.4 is 16.6 Å². The molecule has 0 fully saturated rings. The first kappa shape index (κ1) is 19.1. The molecular formula is C20H23N3O3S. The van der Waals surface area contributed by atoms with Gasteiger partial charge in [0.2, 0.25) is 5.91 Å². The van der Waals surface area contributed by atoms with E-state index in [1.54, 1.807) is 17.5 Å². The summed E-state index contributed by atoms with van der Waals surface area (Å²) in [5, 5.41) is 4.62. The highest BCUT2D eigenvalue weighted by Gasteiger charge is 2.20. The maximum absolute atomic E-state index is 13.2. The fraction of sp³-hybridized carbons (Fsp3) is 0.350. The zero-order chi connectivity index (χ0) is 19.9. The van der Waals surface area contributed by atoms with E-state index in [1.807, 2.05) is 46.8 Å². The lowest BCUT2D eigenvalue weighted by atomic mass is 10.1. The number of nitrogens with zero attached hydrogens (tertiary/aromatic N) is 2. The second-order valence-electron chi connectivity index (χ2n) is 7.66. The number of carbonyl (C=O) groups is 1. The van der Waals surface area contributed by atoms with Crippen LogP contribution in [0.2, 0.25) is 0 Å². The molecule has 0 saturated heterocycles. The highest BCUT2D eigenvalue weighted by molar-refractivity contribution is 7.17. The highest BCUT2D eigenvalue weighted by atomic mass is 32.1. The van der Waals surface area contributed by atoms with Crippen LogP contribution in [0.1, 0.15) is 31.9 Å². The van der Waals surface area contributed by atoms with Gasteiger partial charge in [-0.3, -0.25) is 14.2 Å². The molecule has 6 nitrogen and oxygen atoms in total. The molecule has 2 heterocycles. The van der Waals surface area contributed by atoms with Gasteiger partial charge in [-0.25, -0.2) is 9.36 Å². The molecule has 0 bridgehead atoms. The van der Waals surface area contributed by atoms with Gasteiger partial charge in [0, 0.05) is 5.54 Å². The van der Waals surface area contributed by atoms with E-state index < -0.39 is 11.2 Å². The Kier molecular flexibility index (Phi) is 4.82. The standard InChI is InChI=1S/C20H23N3O3S/c1-12-7-6-8-14(13(12)2)23-18(25)17-15(9-10-27-17)22(19(23)26)11-16(24)21-20(3,4)5/h6-10H,11H2,1-5H3,(H,21,24). The molecule has 0 aliphatic carbocycles. The number of hydrogen-bond acceptors (Lipinski definition) is 4. The molecule has 0 aliphatic rings. The van der Waals surface area contributed by atoms with Crippen LogP contribution in [0.4, 0.5) is 0 Å². The van der Waals surface area contributed by atoms with Crippen molar-refractivity contribution in [1.29, 1.82) is 0 Å².